The molecule has 1 aliphatic heterocycles. The van der Waals surface area contributed by atoms with E-state index < -0.39 is 0 Å². The average Bonchev–Trinajstić information content (AvgIpc) is 2.75. The fourth-order valence-electron chi connectivity index (χ4n) is 3.78. The molecule has 1 saturated heterocycles. The third-order valence-corrected chi connectivity index (χ3v) is 5.51. The predicted molar refractivity (Wildman–Crippen MR) is 118 cm³/mol. The second-order valence-corrected chi connectivity index (χ2v) is 7.20. The summed E-state index contributed by atoms with van der Waals surface area (Å²) in [6.45, 7) is 14.6. The monoisotopic (exact) mass is 403 g/mol. The van der Waals surface area contributed by atoms with Gasteiger partial charge in [0, 0.05) is 39.6 Å². The summed E-state index contributed by atoms with van der Waals surface area (Å²) in [4.78, 5) is 23.2. The smallest absolute Gasteiger partial charge is 0.219 e. The van der Waals surface area contributed by atoms with Crippen molar-refractivity contribution in [2.45, 2.75) is 33.7 Å². The number of benzene rings is 1. The van der Waals surface area contributed by atoms with E-state index in [9.17, 15) is 4.79 Å². The summed E-state index contributed by atoms with van der Waals surface area (Å²) in [7, 11) is 1.70. The lowest BCUT2D eigenvalue weighted by atomic mass is 10.0. The van der Waals surface area contributed by atoms with E-state index in [0.29, 0.717) is 6.54 Å². The highest BCUT2D eigenvalue weighted by molar-refractivity contribution is 5.80. The highest BCUT2D eigenvalue weighted by atomic mass is 16.5. The molecule has 29 heavy (non-hydrogen) atoms. The Hall–Kier alpha value is -2.28. The van der Waals surface area contributed by atoms with Gasteiger partial charge in [0.2, 0.25) is 5.91 Å². The Morgan fingerprint density at radius 1 is 1.17 bits per heavy atom. The first-order valence-electron chi connectivity index (χ1n) is 10.7. The van der Waals surface area contributed by atoms with E-state index in [1.54, 1.807) is 14.0 Å². The van der Waals surface area contributed by atoms with E-state index in [-0.39, 0.29) is 11.9 Å². The Kier molecular flexibility index (Phi) is 9.25. The fourth-order valence-corrected chi connectivity index (χ4v) is 3.78. The summed E-state index contributed by atoms with van der Waals surface area (Å²) in [6, 6.07) is 8.47. The first kappa shape index (κ1) is 23.0. The van der Waals surface area contributed by atoms with E-state index in [2.05, 4.69) is 48.0 Å². The molecule has 0 aliphatic carbocycles. The number of hydrogen-bond donors (Lipinski definition) is 1. The number of ether oxygens (including phenoxy) is 1. The molecule has 0 aromatic heterocycles. The molecule has 1 unspecified atom stereocenters. The van der Waals surface area contributed by atoms with Crippen LogP contribution in [0.25, 0.3) is 0 Å². The molecule has 1 N–H and O–H groups in total. The van der Waals surface area contributed by atoms with Crippen LogP contribution in [0, 0.1) is 0 Å². The number of aliphatic imine (C=N–C) groups is 1. The normalized spacial score (nSPS) is 16.1. The molecule has 162 valence electrons. The number of rotatable bonds is 8. The molecule has 0 spiro atoms. The Labute approximate surface area is 175 Å². The minimum atomic E-state index is 0.145. The molecule has 1 fully saturated rings. The number of nitrogens with zero attached hydrogens (tertiary/aromatic N) is 4. The van der Waals surface area contributed by atoms with Crippen LogP contribution >= 0.6 is 0 Å². The van der Waals surface area contributed by atoms with E-state index in [4.69, 9.17) is 9.73 Å². The minimum absolute atomic E-state index is 0.145. The Morgan fingerprint density at radius 3 is 2.38 bits per heavy atom. The number of carbonyl (C=O) groups excluding carboxylic acids is 1. The van der Waals surface area contributed by atoms with Gasteiger partial charge in [0.25, 0.3) is 0 Å². The van der Waals surface area contributed by atoms with Crippen molar-refractivity contribution in [2.75, 3.05) is 59.5 Å². The summed E-state index contributed by atoms with van der Waals surface area (Å²) in [6.07, 6.45) is 0. The van der Waals surface area contributed by atoms with E-state index in [0.717, 1.165) is 57.5 Å². The molecule has 7 nitrogen and oxygen atoms in total. The maximum atomic E-state index is 11.6. The lowest BCUT2D eigenvalue weighted by Gasteiger charge is -2.36. The fraction of sp³-hybridized carbons (Fsp3) is 0.636. The van der Waals surface area contributed by atoms with Crippen molar-refractivity contribution >= 4 is 11.9 Å². The van der Waals surface area contributed by atoms with E-state index in [1.165, 1.54) is 5.56 Å². The predicted octanol–water partition coefficient (Wildman–Crippen LogP) is 2.21. The van der Waals surface area contributed by atoms with Crippen molar-refractivity contribution in [3.05, 3.63) is 29.8 Å². The van der Waals surface area contributed by atoms with Crippen LogP contribution in [0.4, 0.5) is 0 Å². The van der Waals surface area contributed by atoms with Crippen LogP contribution in [-0.2, 0) is 4.79 Å². The Balaban J connectivity index is 2.20. The van der Waals surface area contributed by atoms with Crippen LogP contribution < -0.4 is 10.1 Å². The number of carbonyl (C=O) groups is 1. The quantitative estimate of drug-likeness (QED) is 0.533. The van der Waals surface area contributed by atoms with Gasteiger partial charge in [0.15, 0.2) is 5.96 Å². The van der Waals surface area contributed by atoms with Crippen molar-refractivity contribution in [3.8, 4) is 5.75 Å². The van der Waals surface area contributed by atoms with E-state index >= 15 is 0 Å². The van der Waals surface area contributed by atoms with Gasteiger partial charge in [-0.15, -0.1) is 0 Å². The molecular formula is C22H37N5O2. The van der Waals surface area contributed by atoms with Gasteiger partial charge in [-0.25, -0.2) is 0 Å². The van der Waals surface area contributed by atoms with E-state index in [1.807, 2.05) is 17.0 Å². The largest absolute Gasteiger partial charge is 0.497 e. The number of guanidine groups is 1. The van der Waals surface area contributed by atoms with Gasteiger partial charge in [0.05, 0.1) is 19.7 Å². The molecule has 0 radical (unpaired) electrons. The maximum absolute atomic E-state index is 11.6. The van der Waals surface area contributed by atoms with Crippen LogP contribution in [0.1, 0.15) is 39.3 Å². The molecular weight excluding hydrogens is 366 g/mol. The number of piperazine rings is 1. The first-order chi connectivity index (χ1) is 14.0. The van der Waals surface area contributed by atoms with Crippen molar-refractivity contribution in [3.63, 3.8) is 0 Å². The minimum Gasteiger partial charge on any atom is -0.497 e. The van der Waals surface area contributed by atoms with Gasteiger partial charge in [-0.3, -0.25) is 14.7 Å². The zero-order chi connectivity index (χ0) is 21.2. The number of hydrogen-bond acceptors (Lipinski definition) is 4. The molecule has 1 heterocycles. The molecule has 0 bridgehead atoms. The van der Waals surface area contributed by atoms with Crippen molar-refractivity contribution in [2.24, 2.45) is 4.99 Å². The lowest BCUT2D eigenvalue weighted by Crippen LogP contribution is -2.53. The molecule has 2 rings (SSSR count). The highest BCUT2D eigenvalue weighted by Gasteiger charge is 2.23. The lowest BCUT2D eigenvalue weighted by molar-refractivity contribution is -0.130. The average molecular weight is 404 g/mol. The summed E-state index contributed by atoms with van der Waals surface area (Å²) < 4.78 is 5.43. The van der Waals surface area contributed by atoms with Crippen LogP contribution in [0.15, 0.2) is 29.3 Å². The highest BCUT2D eigenvalue weighted by Crippen LogP contribution is 2.24. The van der Waals surface area contributed by atoms with Gasteiger partial charge in [-0.1, -0.05) is 26.0 Å². The van der Waals surface area contributed by atoms with Gasteiger partial charge in [0.1, 0.15) is 5.75 Å². The summed E-state index contributed by atoms with van der Waals surface area (Å²) in [5.41, 5.74) is 1.22. The Bertz CT molecular complexity index is 667. The third kappa shape index (κ3) is 6.35. The first-order valence-corrected chi connectivity index (χ1v) is 10.7. The van der Waals surface area contributed by atoms with Crippen molar-refractivity contribution in [1.29, 1.82) is 0 Å². The topological polar surface area (TPSA) is 60.4 Å². The van der Waals surface area contributed by atoms with Gasteiger partial charge >= 0.3 is 0 Å². The van der Waals surface area contributed by atoms with Gasteiger partial charge < -0.3 is 19.9 Å². The number of likely N-dealkylation sites (N-methyl/N-ethyl adjacent to an activating group) is 1. The SMILES string of the molecule is CCNC(=NCC(c1cccc(OC)c1)N(CC)CC)N1CCN(C(C)=O)CC1. The second kappa shape index (κ2) is 11.7. The van der Waals surface area contributed by atoms with Crippen molar-refractivity contribution < 1.29 is 9.53 Å². The number of nitrogens with one attached hydrogen (secondary N) is 1. The van der Waals surface area contributed by atoms with Gasteiger partial charge in [-0.05, 0) is 37.7 Å². The molecule has 1 atom stereocenters. The van der Waals surface area contributed by atoms with Crippen LogP contribution in [0.2, 0.25) is 0 Å². The zero-order valence-electron chi connectivity index (χ0n) is 18.6. The third-order valence-electron chi connectivity index (χ3n) is 5.51. The summed E-state index contributed by atoms with van der Waals surface area (Å²) >= 11 is 0. The number of methoxy groups -OCH3 is 1. The molecule has 1 aromatic carbocycles. The van der Waals surface area contributed by atoms with Crippen LogP contribution in [0.3, 0.4) is 0 Å². The molecule has 1 aromatic rings. The Morgan fingerprint density at radius 2 is 1.83 bits per heavy atom. The van der Waals surface area contributed by atoms with Crippen LogP contribution in [-0.4, -0.2) is 86.0 Å². The standard InChI is InChI=1S/C22H37N5O2/c1-6-23-22(27-14-12-26(13-15-27)18(4)28)24-17-21(25(7-2)8-3)19-10-9-11-20(16-19)29-5/h9-11,16,21H,6-8,12-15,17H2,1-5H3,(H,23,24). The number of amides is 1. The molecule has 0 saturated carbocycles. The van der Waals surface area contributed by atoms with Gasteiger partial charge in [-0.2, -0.15) is 0 Å². The summed E-state index contributed by atoms with van der Waals surface area (Å²) in [5.74, 6) is 1.94. The molecule has 1 amide bonds. The second-order valence-electron chi connectivity index (χ2n) is 7.20. The molecule has 7 heteroatoms. The summed E-state index contributed by atoms with van der Waals surface area (Å²) in [5, 5.41) is 3.43. The maximum Gasteiger partial charge on any atom is 0.219 e. The zero-order valence-corrected chi connectivity index (χ0v) is 18.6. The molecule has 1 aliphatic rings. The van der Waals surface area contributed by atoms with Crippen LogP contribution in [0.5, 0.6) is 5.75 Å². The van der Waals surface area contributed by atoms with Crippen molar-refractivity contribution in [1.82, 2.24) is 20.0 Å².